The Kier molecular flexibility index (Phi) is 4.76. The molecule has 158 valence electrons. The van der Waals surface area contributed by atoms with Crippen LogP contribution in [0.25, 0.3) is 11.0 Å². The van der Waals surface area contributed by atoms with Gasteiger partial charge in [0.2, 0.25) is 5.91 Å². The Balaban J connectivity index is 1.75. The number of alkyl halides is 1. The number of aryl methyl sites for hydroxylation is 1. The molecule has 0 bridgehead atoms. The summed E-state index contributed by atoms with van der Waals surface area (Å²) in [4.78, 5) is 18.0. The van der Waals surface area contributed by atoms with Crippen molar-refractivity contribution in [2.24, 2.45) is 13.0 Å². The number of sulfone groups is 1. The quantitative estimate of drug-likeness (QED) is 0.667. The van der Waals surface area contributed by atoms with Crippen molar-refractivity contribution in [3.8, 4) is 0 Å². The lowest BCUT2D eigenvalue weighted by atomic mass is 10.2. The Bertz CT molecular complexity index is 1270. The van der Waals surface area contributed by atoms with E-state index in [0.29, 0.717) is 22.4 Å². The second-order valence-corrected chi connectivity index (χ2v) is 9.52. The largest absolute Gasteiger partial charge is 0.342 e. The first-order valence-corrected chi connectivity index (χ1v) is 11.1. The average Bonchev–Trinajstić information content (AvgIpc) is 3.30. The highest BCUT2D eigenvalue weighted by molar-refractivity contribution is 7.90. The van der Waals surface area contributed by atoms with E-state index in [9.17, 15) is 22.0 Å². The zero-order valence-corrected chi connectivity index (χ0v) is 17.4. The van der Waals surface area contributed by atoms with Crippen LogP contribution in [0, 0.1) is 11.7 Å². The summed E-state index contributed by atoms with van der Waals surface area (Å²) in [6, 6.07) is 7.10. The van der Waals surface area contributed by atoms with Crippen LogP contribution in [0.5, 0.6) is 0 Å². The average molecular weight is 434 g/mol. The van der Waals surface area contributed by atoms with Gasteiger partial charge in [0.05, 0.1) is 34.0 Å². The molecule has 2 aromatic carbocycles. The Morgan fingerprint density at radius 2 is 2.00 bits per heavy atom. The molecule has 0 spiro atoms. The first-order valence-electron chi connectivity index (χ1n) is 9.19. The van der Waals surface area contributed by atoms with Gasteiger partial charge >= 0.3 is 0 Å². The van der Waals surface area contributed by atoms with Gasteiger partial charge in [0, 0.05) is 26.0 Å². The summed E-state index contributed by atoms with van der Waals surface area (Å²) in [5, 5.41) is 2.73. The number of rotatable bonds is 5. The van der Waals surface area contributed by atoms with Crippen LogP contribution in [0.4, 0.5) is 25.8 Å². The van der Waals surface area contributed by atoms with Gasteiger partial charge in [-0.25, -0.2) is 22.2 Å². The van der Waals surface area contributed by atoms with Gasteiger partial charge in [-0.1, -0.05) is 0 Å². The number of hydrogen-bond donors (Lipinski definition) is 1. The summed E-state index contributed by atoms with van der Waals surface area (Å²) in [5.74, 6) is -1.78. The van der Waals surface area contributed by atoms with Gasteiger partial charge in [-0.2, -0.15) is 0 Å². The van der Waals surface area contributed by atoms with Crippen molar-refractivity contribution in [1.29, 1.82) is 0 Å². The topological polar surface area (TPSA) is 84.3 Å². The predicted molar refractivity (Wildman–Crippen MR) is 110 cm³/mol. The number of carbonyl (C=O) groups is 1. The highest BCUT2D eigenvalue weighted by Gasteiger charge is 2.43. The minimum Gasteiger partial charge on any atom is -0.342 e. The fourth-order valence-corrected chi connectivity index (χ4v) is 3.93. The van der Waals surface area contributed by atoms with E-state index < -0.39 is 33.7 Å². The zero-order valence-electron chi connectivity index (χ0n) is 16.6. The molecule has 3 aromatic rings. The summed E-state index contributed by atoms with van der Waals surface area (Å²) in [7, 11) is -0.127. The van der Waals surface area contributed by atoms with Crippen LogP contribution in [-0.2, 0) is 21.7 Å². The maximum Gasteiger partial charge on any atom is 0.230 e. The van der Waals surface area contributed by atoms with E-state index in [1.165, 1.54) is 12.1 Å². The Morgan fingerprint density at radius 1 is 1.30 bits per heavy atom. The lowest BCUT2D eigenvalue weighted by Gasteiger charge is -2.22. The maximum atomic E-state index is 14.7. The maximum absolute atomic E-state index is 14.7. The lowest BCUT2D eigenvalue weighted by molar-refractivity contribution is -0.117. The van der Waals surface area contributed by atoms with Crippen molar-refractivity contribution in [3.05, 3.63) is 42.5 Å². The first kappa shape index (κ1) is 20.3. The van der Waals surface area contributed by atoms with E-state index in [0.717, 1.165) is 12.3 Å². The number of aromatic nitrogens is 2. The van der Waals surface area contributed by atoms with Gasteiger partial charge in [0.25, 0.3) is 0 Å². The smallest absolute Gasteiger partial charge is 0.230 e. The van der Waals surface area contributed by atoms with Gasteiger partial charge in [0.15, 0.2) is 9.84 Å². The second-order valence-electron chi connectivity index (χ2n) is 7.51. The number of hydrogen-bond acceptors (Lipinski definition) is 5. The molecule has 30 heavy (non-hydrogen) atoms. The molecule has 1 aromatic heterocycles. The van der Waals surface area contributed by atoms with E-state index in [-0.39, 0.29) is 17.0 Å². The van der Waals surface area contributed by atoms with Crippen LogP contribution in [0.2, 0.25) is 0 Å². The number of imidazole rings is 1. The molecule has 0 saturated heterocycles. The third-order valence-corrected chi connectivity index (χ3v) is 6.33. The molecular formula is C20H20F2N4O3S. The molecule has 1 fully saturated rings. The fraction of sp³-hybridized carbons (Fsp3) is 0.300. The fourth-order valence-electron chi connectivity index (χ4n) is 3.29. The molecule has 0 radical (unpaired) electrons. The van der Waals surface area contributed by atoms with Crippen molar-refractivity contribution in [2.45, 2.75) is 17.5 Å². The normalized spacial score (nSPS) is 18.4. The summed E-state index contributed by atoms with van der Waals surface area (Å²) in [6.07, 6.45) is 1.67. The summed E-state index contributed by atoms with van der Waals surface area (Å²) >= 11 is 0. The Morgan fingerprint density at radius 3 is 2.60 bits per heavy atom. The van der Waals surface area contributed by atoms with E-state index in [4.69, 9.17) is 0 Å². The molecule has 7 nitrogen and oxygen atoms in total. The summed E-state index contributed by atoms with van der Waals surface area (Å²) in [5.41, 5.74) is 2.32. The van der Waals surface area contributed by atoms with Crippen LogP contribution >= 0.6 is 0 Å². The Hall–Kier alpha value is -3.01. The number of nitrogens with one attached hydrogen (secondary N) is 1. The van der Waals surface area contributed by atoms with Crippen LogP contribution in [0.15, 0.2) is 41.6 Å². The number of halogens is 2. The molecule has 2 atom stereocenters. The number of anilines is 3. The number of benzene rings is 2. The van der Waals surface area contributed by atoms with Crippen molar-refractivity contribution in [3.63, 3.8) is 0 Å². The minimum absolute atomic E-state index is 0.114. The van der Waals surface area contributed by atoms with Crippen molar-refractivity contribution in [1.82, 2.24) is 9.55 Å². The first-order chi connectivity index (χ1) is 14.1. The Labute approximate surface area is 172 Å². The second kappa shape index (κ2) is 7.05. The molecule has 4 rings (SSSR count). The van der Waals surface area contributed by atoms with Gasteiger partial charge in [-0.05, 0) is 36.8 Å². The van der Waals surface area contributed by atoms with Gasteiger partial charge < -0.3 is 14.8 Å². The minimum atomic E-state index is -3.53. The molecule has 1 aliphatic rings. The van der Waals surface area contributed by atoms with Gasteiger partial charge in [-0.15, -0.1) is 0 Å². The van der Waals surface area contributed by atoms with Gasteiger partial charge in [0.1, 0.15) is 17.5 Å². The number of carbonyl (C=O) groups excluding carboxylic acids is 1. The van der Waals surface area contributed by atoms with E-state index in [2.05, 4.69) is 10.3 Å². The number of nitrogens with zero attached hydrogens (tertiary/aromatic N) is 3. The molecule has 1 heterocycles. The van der Waals surface area contributed by atoms with Crippen LogP contribution in [0.1, 0.15) is 6.42 Å². The van der Waals surface area contributed by atoms with Crippen LogP contribution < -0.4 is 10.2 Å². The van der Waals surface area contributed by atoms with E-state index in [1.54, 1.807) is 42.0 Å². The summed E-state index contributed by atoms with van der Waals surface area (Å²) in [6.45, 7) is 0. The SMILES string of the molecule is CN(c1cc(NC(=O)[C@H]2C[C@H]2F)c2ncn(C)c2c1)c1ccc(S(C)(=O)=O)cc1F. The molecule has 0 unspecified atom stereocenters. The highest BCUT2D eigenvalue weighted by Crippen LogP contribution is 2.37. The zero-order chi connectivity index (χ0) is 21.8. The molecular weight excluding hydrogens is 414 g/mol. The van der Waals surface area contributed by atoms with Gasteiger partial charge in [-0.3, -0.25) is 4.79 Å². The number of amides is 1. The molecule has 10 heteroatoms. The van der Waals surface area contributed by atoms with Crippen LogP contribution in [-0.4, -0.2) is 43.4 Å². The van der Waals surface area contributed by atoms with Crippen molar-refractivity contribution in [2.75, 3.05) is 23.5 Å². The molecule has 1 saturated carbocycles. The number of fused-ring (bicyclic) bond motifs is 1. The molecule has 0 aliphatic heterocycles. The third-order valence-electron chi connectivity index (χ3n) is 5.22. The molecule has 1 aliphatic carbocycles. The molecule has 1 amide bonds. The standard InChI is InChI=1S/C20H20F2N4O3S/c1-25-10-23-19-16(24-20(27)13-9-14(13)21)6-11(7-18(19)25)26(2)17-5-4-12(8-15(17)22)30(3,28)29/h4-8,10,13-14H,9H2,1-3H3,(H,24,27)/t13-,14+/m0/s1. The highest BCUT2D eigenvalue weighted by atomic mass is 32.2. The third kappa shape index (κ3) is 3.62. The van der Waals surface area contributed by atoms with E-state index in [1.807, 2.05) is 0 Å². The summed E-state index contributed by atoms with van der Waals surface area (Å²) < 4.78 is 53.0. The van der Waals surface area contributed by atoms with E-state index >= 15 is 0 Å². The monoisotopic (exact) mass is 434 g/mol. The van der Waals surface area contributed by atoms with Crippen molar-refractivity contribution < 1.29 is 22.0 Å². The predicted octanol–water partition coefficient (Wildman–Crippen LogP) is 3.18. The lowest BCUT2D eigenvalue weighted by Crippen LogP contribution is -2.17. The molecule has 1 N–H and O–H groups in total. The van der Waals surface area contributed by atoms with Crippen LogP contribution in [0.3, 0.4) is 0 Å². The van der Waals surface area contributed by atoms with Crippen molar-refractivity contribution >= 4 is 43.8 Å².